The van der Waals surface area contributed by atoms with Crippen LogP contribution in [0.25, 0.3) is 0 Å². The first-order valence-corrected chi connectivity index (χ1v) is 9.17. The van der Waals surface area contributed by atoms with Crippen LogP contribution in [0.15, 0.2) is 53.6 Å². The molecular weight excluding hydrogens is 356 g/mol. The molecule has 0 heterocycles. The molecule has 0 atom stereocenters. The fourth-order valence-corrected chi connectivity index (χ4v) is 2.68. The molecule has 2 aromatic rings. The van der Waals surface area contributed by atoms with E-state index in [1.807, 2.05) is 24.3 Å². The van der Waals surface area contributed by atoms with Gasteiger partial charge in [-0.25, -0.2) is 5.43 Å². The van der Waals surface area contributed by atoms with Crippen LogP contribution in [0.3, 0.4) is 0 Å². The minimum Gasteiger partial charge on any atom is -0.496 e. The van der Waals surface area contributed by atoms with Gasteiger partial charge in [0.15, 0.2) is 0 Å². The lowest BCUT2D eigenvalue weighted by atomic mass is 10.2. The molecule has 7 nitrogen and oxygen atoms in total. The van der Waals surface area contributed by atoms with Gasteiger partial charge in [-0.1, -0.05) is 18.2 Å². The molecule has 28 heavy (non-hydrogen) atoms. The second-order valence-corrected chi connectivity index (χ2v) is 5.98. The summed E-state index contributed by atoms with van der Waals surface area (Å²) >= 11 is 0. The van der Waals surface area contributed by atoms with Gasteiger partial charge >= 0.3 is 0 Å². The van der Waals surface area contributed by atoms with Gasteiger partial charge in [0.2, 0.25) is 11.8 Å². The molecule has 0 radical (unpaired) electrons. The smallest absolute Gasteiger partial charge is 0.249 e. The van der Waals surface area contributed by atoms with Gasteiger partial charge in [0, 0.05) is 36.1 Å². The molecule has 0 aliphatic carbocycles. The molecule has 148 valence electrons. The first-order valence-electron chi connectivity index (χ1n) is 9.17. The van der Waals surface area contributed by atoms with Crippen molar-refractivity contribution in [3.63, 3.8) is 0 Å². The highest BCUT2D eigenvalue weighted by atomic mass is 16.5. The third-order valence-electron chi connectivity index (χ3n) is 4.12. The van der Waals surface area contributed by atoms with Crippen molar-refractivity contribution in [3.05, 3.63) is 54.1 Å². The number of amides is 2. The number of nitrogens with zero attached hydrogens (tertiary/aromatic N) is 2. The maximum absolute atomic E-state index is 11.9. The Morgan fingerprint density at radius 1 is 1.07 bits per heavy atom. The number of hydrogen-bond acceptors (Lipinski definition) is 5. The molecule has 0 aliphatic rings. The van der Waals surface area contributed by atoms with E-state index in [9.17, 15) is 9.59 Å². The first kappa shape index (κ1) is 21.0. The standard InChI is InChI=1S/C21H26N4O3/c1-4-25(5-2)18-12-11-16(19(13-18)28-3)15-22-24-21(27)14-20(26)23-17-9-7-6-8-10-17/h6-13,15H,4-5,14H2,1-3H3,(H,23,26)(H,24,27). The number of para-hydroxylation sites is 1. The number of carbonyl (C=O) groups excluding carboxylic acids is 2. The summed E-state index contributed by atoms with van der Waals surface area (Å²) in [4.78, 5) is 26.0. The summed E-state index contributed by atoms with van der Waals surface area (Å²) < 4.78 is 5.42. The number of ether oxygens (including phenoxy) is 1. The molecule has 0 fully saturated rings. The molecule has 0 spiro atoms. The number of anilines is 2. The SMILES string of the molecule is CCN(CC)c1ccc(C=NNC(=O)CC(=O)Nc2ccccc2)c(OC)c1. The number of hydrazone groups is 1. The molecule has 2 rings (SSSR count). The lowest BCUT2D eigenvalue weighted by molar-refractivity contribution is -0.126. The Morgan fingerprint density at radius 2 is 1.79 bits per heavy atom. The summed E-state index contributed by atoms with van der Waals surface area (Å²) in [7, 11) is 1.59. The number of hydrogen-bond donors (Lipinski definition) is 2. The van der Waals surface area contributed by atoms with Crippen molar-refractivity contribution in [1.82, 2.24) is 5.43 Å². The zero-order valence-corrected chi connectivity index (χ0v) is 16.4. The zero-order chi connectivity index (χ0) is 20.4. The van der Waals surface area contributed by atoms with Crippen LogP contribution in [0, 0.1) is 0 Å². The first-order chi connectivity index (χ1) is 13.6. The van der Waals surface area contributed by atoms with Crippen molar-refractivity contribution >= 4 is 29.4 Å². The van der Waals surface area contributed by atoms with Crippen molar-refractivity contribution in [2.45, 2.75) is 20.3 Å². The maximum Gasteiger partial charge on any atom is 0.249 e. The summed E-state index contributed by atoms with van der Waals surface area (Å²) in [5, 5.41) is 6.58. The van der Waals surface area contributed by atoms with Crippen LogP contribution >= 0.6 is 0 Å². The third kappa shape index (κ3) is 6.12. The topological polar surface area (TPSA) is 83.0 Å². The third-order valence-corrected chi connectivity index (χ3v) is 4.12. The van der Waals surface area contributed by atoms with Gasteiger partial charge in [0.05, 0.1) is 13.3 Å². The van der Waals surface area contributed by atoms with Crippen molar-refractivity contribution < 1.29 is 14.3 Å². The molecule has 2 aromatic carbocycles. The molecule has 7 heteroatoms. The molecule has 0 unspecified atom stereocenters. The monoisotopic (exact) mass is 382 g/mol. The summed E-state index contributed by atoms with van der Waals surface area (Å²) in [5.41, 5.74) is 4.79. The largest absolute Gasteiger partial charge is 0.496 e. The van der Waals surface area contributed by atoms with Crippen molar-refractivity contribution in [2.75, 3.05) is 30.4 Å². The maximum atomic E-state index is 11.9. The van der Waals surface area contributed by atoms with Crippen LogP contribution in [0.4, 0.5) is 11.4 Å². The molecule has 0 saturated heterocycles. The number of rotatable bonds is 9. The Kier molecular flexibility index (Phi) is 8.02. The summed E-state index contributed by atoms with van der Waals surface area (Å²) in [6.45, 7) is 5.98. The second-order valence-electron chi connectivity index (χ2n) is 5.98. The normalized spacial score (nSPS) is 10.5. The van der Waals surface area contributed by atoms with Crippen LogP contribution in [-0.4, -0.2) is 38.2 Å². The fraction of sp³-hybridized carbons (Fsp3) is 0.286. The van der Waals surface area contributed by atoms with E-state index in [2.05, 4.69) is 34.6 Å². The van der Waals surface area contributed by atoms with Crippen LogP contribution in [0.1, 0.15) is 25.8 Å². The Hall–Kier alpha value is -3.35. The average molecular weight is 382 g/mol. The zero-order valence-electron chi connectivity index (χ0n) is 16.4. The highest BCUT2D eigenvalue weighted by Gasteiger charge is 2.10. The van der Waals surface area contributed by atoms with Gasteiger partial charge in [-0.2, -0.15) is 5.10 Å². The van der Waals surface area contributed by atoms with E-state index in [4.69, 9.17) is 4.74 Å². The van der Waals surface area contributed by atoms with Gasteiger partial charge < -0.3 is 15.0 Å². The van der Waals surface area contributed by atoms with Gasteiger partial charge in [0.25, 0.3) is 0 Å². The second kappa shape index (κ2) is 10.7. The Labute approximate surface area is 165 Å². The Balaban J connectivity index is 1.92. The fourth-order valence-electron chi connectivity index (χ4n) is 2.68. The molecule has 0 aliphatic heterocycles. The predicted octanol–water partition coefficient (Wildman–Crippen LogP) is 3.02. The van der Waals surface area contributed by atoms with E-state index in [1.165, 1.54) is 6.21 Å². The summed E-state index contributed by atoms with van der Waals surface area (Å²) in [5.74, 6) is -0.243. The molecule has 2 N–H and O–H groups in total. The highest BCUT2D eigenvalue weighted by Crippen LogP contribution is 2.24. The number of nitrogens with one attached hydrogen (secondary N) is 2. The van der Waals surface area contributed by atoms with Gasteiger partial charge in [0.1, 0.15) is 12.2 Å². The molecule has 0 saturated carbocycles. The van der Waals surface area contributed by atoms with E-state index in [0.29, 0.717) is 11.4 Å². The Morgan fingerprint density at radius 3 is 2.43 bits per heavy atom. The van der Waals surface area contributed by atoms with E-state index in [1.54, 1.807) is 31.4 Å². The number of methoxy groups -OCH3 is 1. The van der Waals surface area contributed by atoms with Gasteiger partial charge in [-0.15, -0.1) is 0 Å². The van der Waals surface area contributed by atoms with Crippen molar-refractivity contribution in [1.29, 1.82) is 0 Å². The highest BCUT2D eigenvalue weighted by molar-refractivity contribution is 6.03. The average Bonchev–Trinajstić information content (AvgIpc) is 2.70. The summed E-state index contributed by atoms with van der Waals surface area (Å²) in [6, 6.07) is 14.8. The molecule has 0 bridgehead atoms. The lowest BCUT2D eigenvalue weighted by Crippen LogP contribution is -2.24. The van der Waals surface area contributed by atoms with E-state index in [-0.39, 0.29) is 6.42 Å². The minimum absolute atomic E-state index is 0.315. The van der Waals surface area contributed by atoms with E-state index < -0.39 is 11.8 Å². The molecule has 0 aromatic heterocycles. The number of benzene rings is 2. The van der Waals surface area contributed by atoms with Crippen molar-refractivity contribution in [3.8, 4) is 5.75 Å². The quantitative estimate of drug-likeness (QED) is 0.397. The Bertz CT molecular complexity index is 818. The van der Waals surface area contributed by atoms with E-state index in [0.717, 1.165) is 24.3 Å². The van der Waals surface area contributed by atoms with Crippen molar-refractivity contribution in [2.24, 2.45) is 5.10 Å². The van der Waals surface area contributed by atoms with Crippen LogP contribution < -0.4 is 20.4 Å². The van der Waals surface area contributed by atoms with Crippen LogP contribution in [-0.2, 0) is 9.59 Å². The van der Waals surface area contributed by atoms with Gasteiger partial charge in [-0.05, 0) is 38.1 Å². The minimum atomic E-state index is -0.497. The number of carbonyl (C=O) groups is 2. The van der Waals surface area contributed by atoms with Crippen LogP contribution in [0.5, 0.6) is 5.75 Å². The van der Waals surface area contributed by atoms with Gasteiger partial charge in [-0.3, -0.25) is 9.59 Å². The van der Waals surface area contributed by atoms with Crippen LogP contribution in [0.2, 0.25) is 0 Å². The van der Waals surface area contributed by atoms with E-state index >= 15 is 0 Å². The molecule has 2 amide bonds. The molecular formula is C21H26N4O3. The predicted molar refractivity (Wildman–Crippen MR) is 112 cm³/mol. The lowest BCUT2D eigenvalue weighted by Gasteiger charge is -2.21. The summed E-state index contributed by atoms with van der Waals surface area (Å²) in [6.07, 6.45) is 1.18.